The monoisotopic (exact) mass is 969 g/mol. The maximum Gasteiger partial charge on any atom is 0.293 e. The van der Waals surface area contributed by atoms with Gasteiger partial charge in [0.1, 0.15) is 29.9 Å². The minimum absolute atomic E-state index is 0.0275. The van der Waals surface area contributed by atoms with Gasteiger partial charge >= 0.3 is 0 Å². The topological polar surface area (TPSA) is 201 Å². The van der Waals surface area contributed by atoms with E-state index in [2.05, 4.69) is 67.9 Å². The van der Waals surface area contributed by atoms with Gasteiger partial charge in [-0.15, -0.1) is 0 Å². The van der Waals surface area contributed by atoms with E-state index in [4.69, 9.17) is 14.2 Å². The van der Waals surface area contributed by atoms with Crippen LogP contribution in [0.3, 0.4) is 0 Å². The molecule has 1 spiro atoms. The quantitative estimate of drug-likeness (QED) is 0.0345. The lowest BCUT2D eigenvalue weighted by molar-refractivity contribution is -0.384. The highest BCUT2D eigenvalue weighted by Crippen LogP contribution is 2.48. The smallest absolute Gasteiger partial charge is 0.293 e. The number of nitro groups is 1. The van der Waals surface area contributed by atoms with E-state index >= 15 is 0 Å². The summed E-state index contributed by atoms with van der Waals surface area (Å²) < 4.78 is 61.8. The molecule has 4 aromatic rings. The molecule has 2 aliphatic carbocycles. The van der Waals surface area contributed by atoms with E-state index in [0.717, 1.165) is 64.1 Å². The molecule has 18 heteroatoms. The van der Waals surface area contributed by atoms with Crippen molar-refractivity contribution in [2.45, 2.75) is 113 Å². The first-order valence-electron chi connectivity index (χ1n) is 24.4. The largest absolute Gasteiger partial charge is 0.483 e. The molecule has 2 aromatic carbocycles. The van der Waals surface area contributed by atoms with E-state index in [1.807, 2.05) is 6.20 Å². The number of sulfonamides is 1. The summed E-state index contributed by atoms with van der Waals surface area (Å²) in [6, 6.07) is 14.4. The van der Waals surface area contributed by atoms with Crippen LogP contribution in [0.1, 0.15) is 102 Å². The van der Waals surface area contributed by atoms with Gasteiger partial charge in [0.05, 0.1) is 39.6 Å². The molecular weight excluding hydrogens is 906 g/mol. The number of aromatic nitrogens is 2. The van der Waals surface area contributed by atoms with E-state index in [-0.39, 0.29) is 51.4 Å². The molecule has 5 heterocycles. The number of H-pyrrole nitrogens is 1. The number of nitro benzene ring substituents is 1. The van der Waals surface area contributed by atoms with Gasteiger partial charge in [-0.05, 0) is 129 Å². The lowest BCUT2D eigenvalue weighted by atomic mass is 9.70. The summed E-state index contributed by atoms with van der Waals surface area (Å²) in [5, 5.41) is 25.8. The molecule has 16 nitrogen and oxygen atoms in total. The predicted octanol–water partition coefficient (Wildman–Crippen LogP) is 7.92. The number of hydrogen-bond acceptors (Lipinski definition) is 13. The van der Waals surface area contributed by atoms with Crippen LogP contribution in [0.25, 0.3) is 11.0 Å². The zero-order chi connectivity index (χ0) is 48.5. The van der Waals surface area contributed by atoms with Gasteiger partial charge in [0.2, 0.25) is 0 Å². The van der Waals surface area contributed by atoms with Gasteiger partial charge < -0.3 is 34.5 Å². The first kappa shape index (κ1) is 48.5. The number of carbonyl (C=O) groups excluding carboxylic acids is 1. The van der Waals surface area contributed by atoms with E-state index in [1.165, 1.54) is 54.7 Å². The molecule has 5 aliphatic rings. The molecule has 0 unspecified atom stereocenters. The van der Waals surface area contributed by atoms with E-state index in [1.54, 1.807) is 13.0 Å². The molecule has 0 bridgehead atoms. The second kappa shape index (κ2) is 20.0. The van der Waals surface area contributed by atoms with Gasteiger partial charge in [0.25, 0.3) is 27.5 Å². The number of carbonyl (C=O) groups is 1. The third kappa shape index (κ3) is 10.9. The lowest BCUT2D eigenvalue weighted by Crippen LogP contribution is -2.63. The molecule has 0 radical (unpaired) electrons. The van der Waals surface area contributed by atoms with Crippen LogP contribution in [0.4, 0.5) is 15.8 Å². The third-order valence-corrected chi connectivity index (χ3v) is 16.4. The third-order valence-electron chi connectivity index (χ3n) is 15.1. The Labute approximate surface area is 402 Å². The van der Waals surface area contributed by atoms with Crippen LogP contribution in [0, 0.1) is 27.3 Å². The van der Waals surface area contributed by atoms with Crippen molar-refractivity contribution in [1.82, 2.24) is 24.5 Å². The van der Waals surface area contributed by atoms with Crippen molar-refractivity contribution in [3.05, 3.63) is 106 Å². The summed E-state index contributed by atoms with van der Waals surface area (Å²) in [6.45, 7) is 10.8. The number of nitrogens with zero attached hydrogens (tertiary/aromatic N) is 4. The Kier molecular flexibility index (Phi) is 14.1. The van der Waals surface area contributed by atoms with Crippen molar-refractivity contribution < 1.29 is 41.8 Å². The fourth-order valence-corrected chi connectivity index (χ4v) is 11.9. The number of aromatic amines is 1. The van der Waals surface area contributed by atoms with Crippen molar-refractivity contribution in [2.24, 2.45) is 11.3 Å². The van der Waals surface area contributed by atoms with Crippen LogP contribution < -0.4 is 19.5 Å². The maximum absolute atomic E-state index is 14.8. The standard InChI is InChI=1S/C51H64FN7O9S/c1-33(2)38-9-4-5-10-39(38)40-11-6-12-44(40)58-31-51(32-58)19-22-57(23-20-51)21-7-8-35(28-67-46-25-41-42(52)27-54-47(41)55-49(46)68-36-29-66-30-36)48(60)56-69(64,65)37-13-14-43(45(24-37)59(62)63)53-26-34-15-17-50(3,61)18-16-34/h4-5,7-10,13-14,21,24-25,27,33-34,36,40,44,53,61H,6,11-12,15-20,22-23,26,28-32H2,1-3H3,(H,54,55)(H,56,60)/b21-7+,35-8+/t34?,40-,44-,50?/m1/s1. The van der Waals surface area contributed by atoms with Crippen LogP contribution in [0.15, 0.2) is 83.5 Å². The average Bonchev–Trinajstić information content (AvgIpc) is 3.93. The number of ether oxygens (including phenoxy) is 3. The Morgan fingerprint density at radius 3 is 2.55 bits per heavy atom. The normalized spacial score (nSPS) is 24.4. The Bertz CT molecular complexity index is 2690. The molecular formula is C51H64FN7O9S. The number of pyridine rings is 1. The SMILES string of the molecule is CC(C)c1ccccc1[C@H]1CCC[C@H]1N1CC2(CCN(/C=C/C=C(\COc3cc4c(F)c[nH]c4nc3OC3COC3)C(=O)NS(=O)(=O)c3ccc(NCC4CCC(C)(O)CC4)c([N+](=O)[O-])c3)CC2)C1. The number of hydrogen-bond donors (Lipinski definition) is 4. The van der Waals surface area contributed by atoms with Gasteiger partial charge in [0.15, 0.2) is 5.75 Å². The van der Waals surface area contributed by atoms with Crippen LogP contribution in [0.2, 0.25) is 0 Å². The highest BCUT2D eigenvalue weighted by atomic mass is 32.2. The minimum atomic E-state index is -4.65. The number of likely N-dealkylation sites (tertiary alicyclic amines) is 2. The van der Waals surface area contributed by atoms with Gasteiger partial charge in [-0.25, -0.2) is 17.5 Å². The predicted molar refractivity (Wildman–Crippen MR) is 259 cm³/mol. The van der Waals surface area contributed by atoms with Crippen molar-refractivity contribution in [1.29, 1.82) is 0 Å². The second-order valence-corrected chi connectivity index (χ2v) is 22.1. The maximum atomic E-state index is 14.8. The molecule has 9 rings (SSSR count). The highest BCUT2D eigenvalue weighted by molar-refractivity contribution is 7.90. The van der Waals surface area contributed by atoms with E-state index in [0.29, 0.717) is 50.5 Å². The van der Waals surface area contributed by atoms with Crippen molar-refractivity contribution in [3.63, 3.8) is 0 Å². The summed E-state index contributed by atoms with van der Waals surface area (Å²) in [5.41, 5.74) is 2.31. The molecule has 1 amide bonds. The summed E-state index contributed by atoms with van der Waals surface area (Å²) >= 11 is 0. The van der Waals surface area contributed by atoms with Crippen molar-refractivity contribution >= 4 is 38.3 Å². The fraction of sp³-hybridized carbons (Fsp3) is 0.529. The molecule has 4 N–H and O–H groups in total. The summed E-state index contributed by atoms with van der Waals surface area (Å²) in [4.78, 5) is 37.2. The Balaban J connectivity index is 0.887. The lowest BCUT2D eigenvalue weighted by Gasteiger charge is -2.57. The molecule has 2 aromatic heterocycles. The minimum Gasteiger partial charge on any atom is -0.483 e. The first-order chi connectivity index (χ1) is 33.1. The van der Waals surface area contributed by atoms with Gasteiger partial charge in [-0.1, -0.05) is 44.5 Å². The van der Waals surface area contributed by atoms with Crippen LogP contribution >= 0.6 is 0 Å². The highest BCUT2D eigenvalue weighted by Gasteiger charge is 2.49. The number of anilines is 1. The molecule has 3 aliphatic heterocycles. The number of halogens is 1. The number of rotatable bonds is 17. The second-order valence-electron chi connectivity index (χ2n) is 20.4. The van der Waals surface area contributed by atoms with Crippen molar-refractivity contribution in [3.8, 4) is 11.6 Å². The van der Waals surface area contributed by atoms with Crippen LogP contribution in [0.5, 0.6) is 11.6 Å². The van der Waals surface area contributed by atoms with Gasteiger partial charge in [-0.3, -0.25) is 19.8 Å². The number of piperidine rings is 1. The number of fused-ring (bicyclic) bond motifs is 1. The van der Waals surface area contributed by atoms with E-state index < -0.39 is 49.5 Å². The summed E-state index contributed by atoms with van der Waals surface area (Å²) in [7, 11) is -4.65. The summed E-state index contributed by atoms with van der Waals surface area (Å²) in [5.74, 6) is -0.305. The molecule has 5 fully saturated rings. The number of aliphatic hydroxyl groups is 1. The first-order valence-corrected chi connectivity index (χ1v) is 25.8. The average molecular weight is 970 g/mol. The van der Waals surface area contributed by atoms with Gasteiger partial charge in [0, 0.05) is 51.0 Å². The van der Waals surface area contributed by atoms with Crippen LogP contribution in [-0.2, 0) is 19.6 Å². The molecule has 2 atom stereocenters. The number of benzene rings is 2. The van der Waals surface area contributed by atoms with Gasteiger partial charge in [-0.2, -0.15) is 4.98 Å². The molecule has 69 heavy (non-hydrogen) atoms. The Hall–Kier alpha value is -5.56. The molecule has 2 saturated carbocycles. The number of amides is 1. The van der Waals surface area contributed by atoms with Crippen molar-refractivity contribution in [2.75, 3.05) is 57.9 Å². The zero-order valence-corrected chi connectivity index (χ0v) is 40.4. The molecule has 370 valence electrons. The Morgan fingerprint density at radius 2 is 1.84 bits per heavy atom. The summed E-state index contributed by atoms with van der Waals surface area (Å²) in [6.07, 6.45) is 14.3. The number of nitrogens with one attached hydrogen (secondary N) is 3. The number of allylic oxidation sites excluding steroid dienone is 2. The zero-order valence-electron chi connectivity index (χ0n) is 39.6. The fourth-order valence-electron chi connectivity index (χ4n) is 10.8. The Morgan fingerprint density at radius 1 is 1.09 bits per heavy atom. The molecule has 3 saturated heterocycles. The van der Waals surface area contributed by atoms with E-state index in [9.17, 15) is 32.8 Å². The van der Waals surface area contributed by atoms with Crippen LogP contribution in [-0.4, -0.2) is 114 Å².